The van der Waals surface area contributed by atoms with Gasteiger partial charge >= 0.3 is 0 Å². The van der Waals surface area contributed by atoms with E-state index >= 15 is 0 Å². The van der Waals surface area contributed by atoms with Gasteiger partial charge in [-0.15, -0.1) is 11.3 Å². The van der Waals surface area contributed by atoms with Crippen LogP contribution in [0.5, 0.6) is 0 Å². The van der Waals surface area contributed by atoms with Crippen molar-refractivity contribution < 1.29 is 14.4 Å². The Kier molecular flexibility index (Phi) is 7.98. The van der Waals surface area contributed by atoms with Gasteiger partial charge in [0.15, 0.2) is 0 Å². The number of benzene rings is 1. The minimum Gasteiger partial charge on any atom is -0.355 e. The summed E-state index contributed by atoms with van der Waals surface area (Å²) in [5, 5.41) is 7.64. The number of thiophene rings is 1. The van der Waals surface area contributed by atoms with Crippen LogP contribution in [0.4, 0.5) is 0 Å². The zero-order valence-corrected chi connectivity index (χ0v) is 18.0. The van der Waals surface area contributed by atoms with Crippen molar-refractivity contribution in [2.75, 3.05) is 39.3 Å². The smallest absolute Gasteiger partial charge is 0.261 e. The minimum atomic E-state index is -0.0913. The molecule has 1 aromatic carbocycles. The van der Waals surface area contributed by atoms with E-state index in [9.17, 15) is 14.4 Å². The fourth-order valence-electron chi connectivity index (χ4n) is 3.26. The van der Waals surface area contributed by atoms with Crippen molar-refractivity contribution in [3.05, 3.63) is 57.8 Å². The van der Waals surface area contributed by atoms with Crippen molar-refractivity contribution in [3.63, 3.8) is 0 Å². The van der Waals surface area contributed by atoms with Crippen molar-refractivity contribution >= 4 is 29.1 Å². The lowest BCUT2D eigenvalue weighted by molar-refractivity contribution is -0.122. The maximum atomic E-state index is 12.8. The van der Waals surface area contributed by atoms with E-state index in [0.717, 1.165) is 12.0 Å². The van der Waals surface area contributed by atoms with E-state index < -0.39 is 0 Å². The molecule has 3 rings (SSSR count). The van der Waals surface area contributed by atoms with Gasteiger partial charge in [-0.2, -0.15) is 0 Å². The largest absolute Gasteiger partial charge is 0.355 e. The lowest BCUT2D eigenvalue weighted by Crippen LogP contribution is -2.51. The zero-order valence-electron chi connectivity index (χ0n) is 17.2. The Morgan fingerprint density at radius 2 is 1.73 bits per heavy atom. The Morgan fingerprint density at radius 3 is 2.37 bits per heavy atom. The predicted octanol–water partition coefficient (Wildman–Crippen LogP) is 1.96. The van der Waals surface area contributed by atoms with Crippen molar-refractivity contribution in [3.8, 4) is 0 Å². The van der Waals surface area contributed by atoms with Gasteiger partial charge in [-0.05, 0) is 35.6 Å². The number of hydrogen-bond acceptors (Lipinski definition) is 5. The summed E-state index contributed by atoms with van der Waals surface area (Å²) in [5.41, 5.74) is 1.58. The van der Waals surface area contributed by atoms with Crippen LogP contribution < -0.4 is 10.6 Å². The highest BCUT2D eigenvalue weighted by Gasteiger charge is 2.23. The number of amides is 3. The molecule has 0 aliphatic carbocycles. The molecular formula is C22H28N4O3S. The second-order valence-electron chi connectivity index (χ2n) is 7.28. The molecule has 0 unspecified atom stereocenters. The molecule has 160 valence electrons. The summed E-state index contributed by atoms with van der Waals surface area (Å²) in [4.78, 5) is 41.2. The molecule has 0 spiro atoms. The highest BCUT2D eigenvalue weighted by molar-refractivity contribution is 7.12. The van der Waals surface area contributed by atoms with Gasteiger partial charge in [0.1, 0.15) is 0 Å². The normalized spacial score (nSPS) is 14.4. The minimum absolute atomic E-state index is 0.000689. The first kappa shape index (κ1) is 22.0. The van der Waals surface area contributed by atoms with Crippen LogP contribution >= 0.6 is 11.3 Å². The quantitative estimate of drug-likeness (QED) is 0.674. The Hall–Kier alpha value is -2.71. The summed E-state index contributed by atoms with van der Waals surface area (Å²) in [7, 11) is 0. The number of nitrogens with zero attached hydrogens (tertiary/aromatic N) is 2. The standard InChI is InChI=1S/C22H28N4O3S/c1-2-9-23-20(27)16-25-10-12-26(13-11-25)22(29)18-7-5-17(6-8-18)15-24-21(28)19-4-3-14-30-19/h3-8,14H,2,9-13,15-16H2,1H3,(H,23,27)(H,24,28). The number of carbonyl (C=O) groups is 3. The van der Waals surface area contributed by atoms with Crippen LogP contribution in [-0.2, 0) is 11.3 Å². The summed E-state index contributed by atoms with van der Waals surface area (Å²) in [6.07, 6.45) is 0.924. The molecule has 1 aliphatic rings. The second kappa shape index (κ2) is 10.9. The molecule has 1 aliphatic heterocycles. The van der Waals surface area contributed by atoms with E-state index in [1.807, 2.05) is 35.4 Å². The van der Waals surface area contributed by atoms with Gasteiger partial charge in [-0.25, -0.2) is 0 Å². The van der Waals surface area contributed by atoms with E-state index in [2.05, 4.69) is 15.5 Å². The van der Waals surface area contributed by atoms with E-state index in [1.54, 1.807) is 18.2 Å². The average molecular weight is 429 g/mol. The fourth-order valence-corrected chi connectivity index (χ4v) is 3.90. The molecule has 0 saturated carbocycles. The second-order valence-corrected chi connectivity index (χ2v) is 8.22. The van der Waals surface area contributed by atoms with Crippen molar-refractivity contribution in [2.45, 2.75) is 19.9 Å². The molecule has 8 heteroatoms. The van der Waals surface area contributed by atoms with Crippen LogP contribution in [0.3, 0.4) is 0 Å². The summed E-state index contributed by atoms with van der Waals surface area (Å²) in [6.45, 7) is 6.13. The first-order valence-electron chi connectivity index (χ1n) is 10.3. The van der Waals surface area contributed by atoms with Gasteiger partial charge < -0.3 is 15.5 Å². The Labute approximate surface area is 181 Å². The van der Waals surface area contributed by atoms with Gasteiger partial charge in [-0.1, -0.05) is 25.1 Å². The van der Waals surface area contributed by atoms with E-state index in [1.165, 1.54) is 11.3 Å². The SMILES string of the molecule is CCCNC(=O)CN1CCN(C(=O)c2ccc(CNC(=O)c3cccs3)cc2)CC1. The monoisotopic (exact) mass is 428 g/mol. The van der Waals surface area contributed by atoms with Gasteiger partial charge in [-0.3, -0.25) is 19.3 Å². The maximum Gasteiger partial charge on any atom is 0.261 e. The van der Waals surface area contributed by atoms with Gasteiger partial charge in [0.25, 0.3) is 11.8 Å². The summed E-state index contributed by atoms with van der Waals surface area (Å²) < 4.78 is 0. The van der Waals surface area contributed by atoms with Crippen LogP contribution in [0.2, 0.25) is 0 Å². The van der Waals surface area contributed by atoms with Gasteiger partial charge in [0.05, 0.1) is 11.4 Å². The lowest BCUT2D eigenvalue weighted by atomic mass is 10.1. The first-order chi connectivity index (χ1) is 14.6. The molecule has 1 fully saturated rings. The predicted molar refractivity (Wildman–Crippen MR) is 118 cm³/mol. The number of piperazine rings is 1. The molecule has 1 saturated heterocycles. The molecule has 3 amide bonds. The molecule has 2 heterocycles. The molecule has 1 aromatic heterocycles. The molecule has 0 radical (unpaired) electrons. The molecule has 30 heavy (non-hydrogen) atoms. The lowest BCUT2D eigenvalue weighted by Gasteiger charge is -2.34. The molecule has 0 atom stereocenters. The number of hydrogen-bond donors (Lipinski definition) is 2. The van der Waals surface area contributed by atoms with Crippen molar-refractivity contribution in [2.24, 2.45) is 0 Å². The maximum absolute atomic E-state index is 12.8. The van der Waals surface area contributed by atoms with Crippen molar-refractivity contribution in [1.29, 1.82) is 0 Å². The van der Waals surface area contributed by atoms with E-state index in [4.69, 9.17) is 0 Å². The van der Waals surface area contributed by atoms with Crippen LogP contribution in [0, 0.1) is 0 Å². The average Bonchev–Trinajstić information content (AvgIpc) is 3.31. The summed E-state index contributed by atoms with van der Waals surface area (Å²) >= 11 is 1.41. The van der Waals surface area contributed by atoms with E-state index in [0.29, 0.717) is 56.3 Å². The molecule has 2 aromatic rings. The third-order valence-electron chi connectivity index (χ3n) is 5.00. The Balaban J connectivity index is 1.44. The summed E-state index contributed by atoms with van der Waals surface area (Å²) in [6, 6.07) is 11.0. The number of rotatable bonds is 8. The van der Waals surface area contributed by atoms with Crippen LogP contribution in [-0.4, -0.2) is 66.8 Å². The van der Waals surface area contributed by atoms with Gasteiger partial charge in [0, 0.05) is 44.8 Å². The zero-order chi connectivity index (χ0) is 21.3. The van der Waals surface area contributed by atoms with Crippen molar-refractivity contribution in [1.82, 2.24) is 20.4 Å². The third-order valence-corrected chi connectivity index (χ3v) is 5.87. The van der Waals surface area contributed by atoms with Crippen LogP contribution in [0.1, 0.15) is 38.9 Å². The van der Waals surface area contributed by atoms with Gasteiger partial charge in [0.2, 0.25) is 5.91 Å². The highest BCUT2D eigenvalue weighted by Crippen LogP contribution is 2.12. The topological polar surface area (TPSA) is 81.8 Å². The fraction of sp³-hybridized carbons (Fsp3) is 0.409. The van der Waals surface area contributed by atoms with Crippen LogP contribution in [0.25, 0.3) is 0 Å². The molecule has 0 bridgehead atoms. The molecule has 7 nitrogen and oxygen atoms in total. The van der Waals surface area contributed by atoms with Crippen LogP contribution in [0.15, 0.2) is 41.8 Å². The Morgan fingerprint density at radius 1 is 1.00 bits per heavy atom. The van der Waals surface area contributed by atoms with E-state index in [-0.39, 0.29) is 17.7 Å². The molecular weight excluding hydrogens is 400 g/mol. The Bertz CT molecular complexity index is 844. The highest BCUT2D eigenvalue weighted by atomic mass is 32.1. The number of nitrogens with one attached hydrogen (secondary N) is 2. The summed E-state index contributed by atoms with van der Waals surface area (Å²) in [5.74, 6) is -0.0518. The molecule has 2 N–H and O–H groups in total. The first-order valence-corrected chi connectivity index (χ1v) is 11.1. The number of carbonyl (C=O) groups excluding carboxylic acids is 3. The third kappa shape index (κ3) is 6.14.